The van der Waals surface area contributed by atoms with E-state index in [0.717, 1.165) is 32.2 Å². The van der Waals surface area contributed by atoms with Crippen molar-refractivity contribution in [3.8, 4) is 0 Å². The van der Waals surface area contributed by atoms with Crippen molar-refractivity contribution in [2.45, 2.75) is 37.8 Å². The van der Waals surface area contributed by atoms with Gasteiger partial charge in [-0.05, 0) is 25.2 Å². The van der Waals surface area contributed by atoms with Gasteiger partial charge in [0.1, 0.15) is 12.7 Å². The van der Waals surface area contributed by atoms with Gasteiger partial charge in [-0.3, -0.25) is 4.68 Å². The van der Waals surface area contributed by atoms with E-state index in [1.165, 1.54) is 6.33 Å². The number of hydrogen-bond acceptors (Lipinski definition) is 4. The van der Waals surface area contributed by atoms with Gasteiger partial charge in [-0.15, -0.1) is 0 Å². The lowest BCUT2D eigenvalue weighted by Gasteiger charge is -2.28. The van der Waals surface area contributed by atoms with Crippen LogP contribution >= 0.6 is 0 Å². The summed E-state index contributed by atoms with van der Waals surface area (Å²) >= 11 is 0. The number of aromatic nitrogens is 3. The molecule has 0 aliphatic heterocycles. The standard InChI is InChI=1S/C10H18N4O/c11-6-10(15)4-1-2-9(10)3-5-14-8-12-7-13-14/h7-9,15H,1-6,11H2. The average molecular weight is 210 g/mol. The van der Waals surface area contributed by atoms with Crippen LogP contribution in [0, 0.1) is 5.92 Å². The first-order chi connectivity index (χ1) is 7.24. The summed E-state index contributed by atoms with van der Waals surface area (Å²) in [5.41, 5.74) is 4.98. The van der Waals surface area contributed by atoms with Gasteiger partial charge < -0.3 is 10.8 Å². The monoisotopic (exact) mass is 210 g/mol. The van der Waals surface area contributed by atoms with Gasteiger partial charge in [0.2, 0.25) is 0 Å². The molecule has 0 radical (unpaired) electrons. The van der Waals surface area contributed by atoms with Crippen molar-refractivity contribution in [1.29, 1.82) is 0 Å². The largest absolute Gasteiger partial charge is 0.388 e. The van der Waals surface area contributed by atoms with E-state index in [1.54, 1.807) is 11.0 Å². The molecule has 1 heterocycles. The number of aryl methyl sites for hydroxylation is 1. The first kappa shape index (κ1) is 10.6. The number of aliphatic hydroxyl groups is 1. The fourth-order valence-electron chi connectivity index (χ4n) is 2.45. The summed E-state index contributed by atoms with van der Waals surface area (Å²) in [5, 5.41) is 14.3. The van der Waals surface area contributed by atoms with Gasteiger partial charge in [-0.2, -0.15) is 5.10 Å². The van der Waals surface area contributed by atoms with Gasteiger partial charge in [0.25, 0.3) is 0 Å². The molecule has 1 aliphatic rings. The molecule has 1 aromatic heterocycles. The van der Waals surface area contributed by atoms with Gasteiger partial charge in [-0.1, -0.05) is 6.42 Å². The highest BCUT2D eigenvalue weighted by Crippen LogP contribution is 2.37. The molecular weight excluding hydrogens is 192 g/mol. The quantitative estimate of drug-likeness (QED) is 0.742. The van der Waals surface area contributed by atoms with Crippen LogP contribution in [0.15, 0.2) is 12.7 Å². The zero-order valence-electron chi connectivity index (χ0n) is 8.84. The van der Waals surface area contributed by atoms with Crippen LogP contribution in [-0.2, 0) is 6.54 Å². The second-order valence-electron chi connectivity index (χ2n) is 4.34. The molecule has 0 amide bonds. The van der Waals surface area contributed by atoms with Crippen LogP contribution in [0.2, 0.25) is 0 Å². The molecule has 84 valence electrons. The third-order valence-electron chi connectivity index (χ3n) is 3.45. The number of nitrogens with zero attached hydrogens (tertiary/aromatic N) is 3. The molecule has 0 aromatic carbocycles. The normalized spacial score (nSPS) is 30.9. The lowest BCUT2D eigenvalue weighted by Crippen LogP contribution is -2.41. The molecule has 1 aliphatic carbocycles. The van der Waals surface area contributed by atoms with E-state index in [0.29, 0.717) is 12.5 Å². The number of rotatable bonds is 4. The molecule has 0 saturated heterocycles. The molecule has 15 heavy (non-hydrogen) atoms. The van der Waals surface area contributed by atoms with Gasteiger partial charge in [0.15, 0.2) is 0 Å². The minimum Gasteiger partial charge on any atom is -0.388 e. The van der Waals surface area contributed by atoms with Crippen molar-refractivity contribution in [2.24, 2.45) is 11.7 Å². The Kier molecular flexibility index (Phi) is 3.02. The second-order valence-corrected chi connectivity index (χ2v) is 4.34. The Morgan fingerprint density at radius 3 is 3.13 bits per heavy atom. The number of nitrogens with two attached hydrogens (primary N) is 1. The van der Waals surface area contributed by atoms with Crippen LogP contribution in [0.1, 0.15) is 25.7 Å². The molecule has 0 bridgehead atoms. The second kappa shape index (κ2) is 4.28. The smallest absolute Gasteiger partial charge is 0.137 e. The van der Waals surface area contributed by atoms with Gasteiger partial charge in [0, 0.05) is 13.1 Å². The van der Waals surface area contributed by atoms with Crippen LogP contribution in [-0.4, -0.2) is 32.0 Å². The highest BCUT2D eigenvalue weighted by atomic mass is 16.3. The van der Waals surface area contributed by atoms with Gasteiger partial charge in [0.05, 0.1) is 5.60 Å². The third-order valence-corrected chi connectivity index (χ3v) is 3.45. The van der Waals surface area contributed by atoms with Crippen molar-refractivity contribution in [1.82, 2.24) is 14.8 Å². The highest BCUT2D eigenvalue weighted by molar-refractivity contribution is 4.92. The fourth-order valence-corrected chi connectivity index (χ4v) is 2.45. The Bertz CT molecular complexity index is 300. The molecule has 3 N–H and O–H groups in total. The van der Waals surface area contributed by atoms with E-state index in [2.05, 4.69) is 10.1 Å². The summed E-state index contributed by atoms with van der Waals surface area (Å²) in [6.07, 6.45) is 7.15. The maximum Gasteiger partial charge on any atom is 0.137 e. The van der Waals surface area contributed by atoms with Gasteiger partial charge >= 0.3 is 0 Å². The molecule has 1 saturated carbocycles. The zero-order valence-corrected chi connectivity index (χ0v) is 8.84. The molecule has 1 aromatic rings. The first-order valence-corrected chi connectivity index (χ1v) is 5.49. The minimum atomic E-state index is -0.638. The molecule has 1 fully saturated rings. The lowest BCUT2D eigenvalue weighted by molar-refractivity contribution is 0.00628. The topological polar surface area (TPSA) is 77.0 Å². The van der Waals surface area contributed by atoms with E-state index >= 15 is 0 Å². The molecule has 0 spiro atoms. The molecule has 2 rings (SSSR count). The summed E-state index contributed by atoms with van der Waals surface area (Å²) in [7, 11) is 0. The average Bonchev–Trinajstić information content (AvgIpc) is 2.85. The molecule has 5 heteroatoms. The van der Waals surface area contributed by atoms with Crippen molar-refractivity contribution in [3.63, 3.8) is 0 Å². The maximum absolute atomic E-state index is 10.2. The van der Waals surface area contributed by atoms with Crippen molar-refractivity contribution >= 4 is 0 Å². The van der Waals surface area contributed by atoms with E-state index in [-0.39, 0.29) is 0 Å². The lowest BCUT2D eigenvalue weighted by atomic mass is 9.88. The Labute approximate surface area is 89.3 Å². The Hall–Kier alpha value is -0.940. The zero-order chi connectivity index (χ0) is 10.7. The van der Waals surface area contributed by atoms with Crippen LogP contribution < -0.4 is 5.73 Å². The van der Waals surface area contributed by atoms with Crippen LogP contribution in [0.4, 0.5) is 0 Å². The Morgan fingerprint density at radius 1 is 1.60 bits per heavy atom. The van der Waals surface area contributed by atoms with Gasteiger partial charge in [-0.25, -0.2) is 4.98 Å². The Balaban J connectivity index is 1.89. The molecule has 2 atom stereocenters. The fraction of sp³-hybridized carbons (Fsp3) is 0.800. The summed E-state index contributed by atoms with van der Waals surface area (Å²) in [6, 6.07) is 0. The van der Waals surface area contributed by atoms with Crippen molar-refractivity contribution in [3.05, 3.63) is 12.7 Å². The van der Waals surface area contributed by atoms with Crippen LogP contribution in [0.3, 0.4) is 0 Å². The minimum absolute atomic E-state index is 0.312. The van der Waals surface area contributed by atoms with E-state index in [1.807, 2.05) is 0 Å². The van der Waals surface area contributed by atoms with Crippen LogP contribution in [0.5, 0.6) is 0 Å². The molecule has 2 unspecified atom stereocenters. The Morgan fingerprint density at radius 2 is 2.47 bits per heavy atom. The molecular formula is C10H18N4O. The summed E-state index contributed by atoms with van der Waals surface area (Å²) in [6.45, 7) is 1.18. The summed E-state index contributed by atoms with van der Waals surface area (Å²) in [5.74, 6) is 0.312. The predicted octanol–water partition coefficient (Wildman–Crippen LogP) is 0.158. The van der Waals surface area contributed by atoms with E-state index in [9.17, 15) is 5.11 Å². The predicted molar refractivity (Wildman–Crippen MR) is 56.0 cm³/mol. The summed E-state index contributed by atoms with van der Waals surface area (Å²) in [4.78, 5) is 3.89. The molecule has 5 nitrogen and oxygen atoms in total. The third kappa shape index (κ3) is 2.18. The number of hydrogen-bond donors (Lipinski definition) is 2. The SMILES string of the molecule is NCC1(O)CCCC1CCn1cncn1. The van der Waals surface area contributed by atoms with Crippen LogP contribution in [0.25, 0.3) is 0 Å². The van der Waals surface area contributed by atoms with E-state index in [4.69, 9.17) is 5.73 Å². The summed E-state index contributed by atoms with van der Waals surface area (Å²) < 4.78 is 1.80. The van der Waals surface area contributed by atoms with Crippen molar-refractivity contribution in [2.75, 3.05) is 6.54 Å². The first-order valence-electron chi connectivity index (χ1n) is 5.49. The highest BCUT2D eigenvalue weighted by Gasteiger charge is 2.39. The van der Waals surface area contributed by atoms with E-state index < -0.39 is 5.60 Å². The maximum atomic E-state index is 10.2. The van der Waals surface area contributed by atoms with Crippen molar-refractivity contribution < 1.29 is 5.11 Å².